The van der Waals surface area contributed by atoms with E-state index in [2.05, 4.69) is 22.3 Å². The quantitative estimate of drug-likeness (QED) is 0.638. The lowest BCUT2D eigenvalue weighted by Crippen LogP contribution is -3.15. The van der Waals surface area contributed by atoms with E-state index in [1.807, 2.05) is 0 Å². The first-order valence-electron chi connectivity index (χ1n) is 9.83. The smallest absolute Gasteiger partial charge is 0.406 e. The number of nitrogens with one attached hydrogen (secondary N) is 3. The number of benzene rings is 1. The van der Waals surface area contributed by atoms with Gasteiger partial charge in [0.05, 0.1) is 7.05 Å². The number of anilines is 1. The number of quaternary nitrogens is 1. The number of ether oxygens (including phenoxy) is 1. The molecular formula is C20H29F3N3O3+. The van der Waals surface area contributed by atoms with Gasteiger partial charge in [0.25, 0.3) is 11.8 Å². The minimum absolute atomic E-state index is 0.0512. The fourth-order valence-electron chi connectivity index (χ4n) is 3.41. The second kappa shape index (κ2) is 9.96. The first-order chi connectivity index (χ1) is 13.5. The van der Waals surface area contributed by atoms with Crippen LogP contribution in [-0.2, 0) is 9.59 Å². The van der Waals surface area contributed by atoms with Crippen molar-refractivity contribution in [1.82, 2.24) is 5.32 Å². The van der Waals surface area contributed by atoms with Gasteiger partial charge in [-0.1, -0.05) is 19.8 Å². The lowest BCUT2D eigenvalue weighted by atomic mass is 9.86. The summed E-state index contributed by atoms with van der Waals surface area (Å²) < 4.78 is 40.3. The number of halogens is 3. The molecule has 0 aliphatic heterocycles. The van der Waals surface area contributed by atoms with E-state index in [1.165, 1.54) is 18.6 Å². The molecule has 1 aromatic rings. The highest BCUT2D eigenvalue weighted by Crippen LogP contribution is 2.24. The molecule has 0 heterocycles. The number of alkyl halides is 3. The Balaban J connectivity index is 1.82. The number of rotatable bonds is 7. The first-order valence-corrected chi connectivity index (χ1v) is 9.83. The molecule has 0 saturated heterocycles. The summed E-state index contributed by atoms with van der Waals surface area (Å²) in [5, 5.41) is 5.72. The summed E-state index contributed by atoms with van der Waals surface area (Å²) in [6.45, 7) is 3.97. The number of likely N-dealkylation sites (N-methyl/N-ethyl adjacent to an activating group) is 1. The fourth-order valence-corrected chi connectivity index (χ4v) is 3.41. The van der Waals surface area contributed by atoms with Crippen molar-refractivity contribution in [2.75, 3.05) is 18.9 Å². The van der Waals surface area contributed by atoms with E-state index in [9.17, 15) is 22.8 Å². The topological polar surface area (TPSA) is 71.9 Å². The molecular weight excluding hydrogens is 387 g/mol. The average Bonchev–Trinajstić information content (AvgIpc) is 2.63. The lowest BCUT2D eigenvalue weighted by molar-refractivity contribution is -0.885. The van der Waals surface area contributed by atoms with E-state index in [0.29, 0.717) is 11.6 Å². The van der Waals surface area contributed by atoms with Crippen LogP contribution in [0.15, 0.2) is 24.3 Å². The minimum atomic E-state index is -4.76. The summed E-state index contributed by atoms with van der Waals surface area (Å²) in [5.74, 6) is -0.325. The number of amides is 2. The largest absolute Gasteiger partial charge is 0.573 e. The van der Waals surface area contributed by atoms with Crippen LogP contribution in [0.3, 0.4) is 0 Å². The first kappa shape index (κ1) is 23.0. The summed E-state index contributed by atoms with van der Waals surface area (Å²) in [7, 11) is 1.76. The maximum atomic E-state index is 12.5. The predicted octanol–water partition coefficient (Wildman–Crippen LogP) is 2.12. The molecule has 29 heavy (non-hydrogen) atoms. The minimum Gasteiger partial charge on any atom is -0.406 e. The molecule has 1 saturated carbocycles. The van der Waals surface area contributed by atoms with Gasteiger partial charge < -0.3 is 20.3 Å². The van der Waals surface area contributed by atoms with Gasteiger partial charge in [-0.2, -0.15) is 0 Å². The number of carbonyl (C=O) groups excluding carboxylic acids is 2. The van der Waals surface area contributed by atoms with Crippen LogP contribution in [0.5, 0.6) is 5.75 Å². The monoisotopic (exact) mass is 416 g/mol. The molecule has 162 valence electrons. The zero-order valence-corrected chi connectivity index (χ0v) is 16.9. The molecule has 0 spiro atoms. The van der Waals surface area contributed by atoms with Gasteiger partial charge in [0, 0.05) is 11.7 Å². The van der Waals surface area contributed by atoms with Crippen LogP contribution in [0.4, 0.5) is 18.9 Å². The Bertz CT molecular complexity index is 694. The van der Waals surface area contributed by atoms with Gasteiger partial charge >= 0.3 is 6.36 Å². The molecule has 2 rings (SSSR count). The summed E-state index contributed by atoms with van der Waals surface area (Å²) in [5.41, 5.74) is 0.352. The number of hydrogen-bond acceptors (Lipinski definition) is 3. The highest BCUT2D eigenvalue weighted by Gasteiger charge is 2.31. The Morgan fingerprint density at radius 2 is 1.83 bits per heavy atom. The van der Waals surface area contributed by atoms with Crippen molar-refractivity contribution in [3.8, 4) is 5.75 Å². The molecule has 6 nitrogen and oxygen atoms in total. The number of carbonyl (C=O) groups is 2. The van der Waals surface area contributed by atoms with Crippen molar-refractivity contribution in [3.05, 3.63) is 24.3 Å². The number of hydrogen-bond donors (Lipinski definition) is 3. The second-order valence-electron chi connectivity index (χ2n) is 7.74. The molecule has 9 heteroatoms. The van der Waals surface area contributed by atoms with Crippen molar-refractivity contribution in [1.29, 1.82) is 0 Å². The van der Waals surface area contributed by atoms with Crippen LogP contribution in [0, 0.1) is 5.92 Å². The standard InChI is InChI=1S/C20H28F3N3O3/c1-13-6-4-5-7-17(13)25-19(28)14(2)26(3)12-18(27)24-15-8-10-16(11-9-15)29-20(21,22)23/h8-11,13-14,17H,4-7,12H2,1-3H3,(H,24,27)(H,25,28)/p+1/t13-,14+,17-/m0/s1. The lowest BCUT2D eigenvalue weighted by Gasteiger charge is -2.31. The van der Waals surface area contributed by atoms with E-state index in [-0.39, 0.29) is 30.2 Å². The fraction of sp³-hybridized carbons (Fsp3) is 0.600. The van der Waals surface area contributed by atoms with Crippen molar-refractivity contribution in [2.24, 2.45) is 5.92 Å². The highest BCUT2D eigenvalue weighted by molar-refractivity contribution is 5.91. The molecule has 0 bridgehead atoms. The summed E-state index contributed by atoms with van der Waals surface area (Å²) in [4.78, 5) is 25.5. The van der Waals surface area contributed by atoms with Crippen molar-refractivity contribution in [2.45, 2.75) is 58.0 Å². The zero-order valence-electron chi connectivity index (χ0n) is 16.9. The van der Waals surface area contributed by atoms with Crippen LogP contribution >= 0.6 is 0 Å². The Labute approximate surface area is 168 Å². The Morgan fingerprint density at radius 1 is 1.21 bits per heavy atom. The summed E-state index contributed by atoms with van der Waals surface area (Å²) >= 11 is 0. The Kier molecular flexibility index (Phi) is 7.89. The molecule has 3 N–H and O–H groups in total. The SMILES string of the molecule is C[C@H](C(=O)N[C@H]1CCCC[C@@H]1C)[NH+](C)CC(=O)Nc1ccc(OC(F)(F)F)cc1. The van der Waals surface area contributed by atoms with Crippen LogP contribution in [0.2, 0.25) is 0 Å². The van der Waals surface area contributed by atoms with Crippen molar-refractivity contribution >= 4 is 17.5 Å². The Hall–Kier alpha value is -2.29. The third-order valence-electron chi connectivity index (χ3n) is 5.38. The molecule has 2 amide bonds. The molecule has 1 aliphatic rings. The summed E-state index contributed by atoms with van der Waals surface area (Å²) in [6.07, 6.45) is -0.368. The van der Waals surface area contributed by atoms with Crippen molar-refractivity contribution < 1.29 is 32.4 Å². The molecule has 1 fully saturated rings. The van der Waals surface area contributed by atoms with Crippen LogP contribution in [0.1, 0.15) is 39.5 Å². The van der Waals surface area contributed by atoms with Crippen molar-refractivity contribution in [3.63, 3.8) is 0 Å². The molecule has 1 aromatic carbocycles. The zero-order chi connectivity index (χ0) is 21.6. The van der Waals surface area contributed by atoms with Gasteiger partial charge in [-0.25, -0.2) is 0 Å². The van der Waals surface area contributed by atoms with E-state index in [0.717, 1.165) is 36.3 Å². The predicted molar refractivity (Wildman–Crippen MR) is 103 cm³/mol. The van der Waals surface area contributed by atoms with E-state index in [1.54, 1.807) is 14.0 Å². The van der Waals surface area contributed by atoms with E-state index < -0.39 is 12.4 Å². The van der Waals surface area contributed by atoms with Gasteiger partial charge in [-0.05, 0) is 49.9 Å². The molecule has 4 atom stereocenters. The van der Waals surface area contributed by atoms with Gasteiger partial charge in [0.1, 0.15) is 5.75 Å². The average molecular weight is 416 g/mol. The maximum Gasteiger partial charge on any atom is 0.573 e. The van der Waals surface area contributed by atoms with Crippen LogP contribution < -0.4 is 20.3 Å². The van der Waals surface area contributed by atoms with Gasteiger partial charge in [0.15, 0.2) is 12.6 Å². The van der Waals surface area contributed by atoms with Gasteiger partial charge in [0.2, 0.25) is 0 Å². The second-order valence-corrected chi connectivity index (χ2v) is 7.74. The van der Waals surface area contributed by atoms with Gasteiger partial charge in [-0.15, -0.1) is 13.2 Å². The maximum absolute atomic E-state index is 12.5. The van der Waals surface area contributed by atoms with Crippen LogP contribution in [0.25, 0.3) is 0 Å². The van der Waals surface area contributed by atoms with Crippen LogP contribution in [-0.4, -0.2) is 43.9 Å². The third-order valence-corrected chi connectivity index (χ3v) is 5.38. The normalized spacial score (nSPS) is 21.7. The van der Waals surface area contributed by atoms with Gasteiger partial charge in [-0.3, -0.25) is 9.59 Å². The third kappa shape index (κ3) is 7.56. The Morgan fingerprint density at radius 3 is 2.41 bits per heavy atom. The van der Waals surface area contributed by atoms with E-state index >= 15 is 0 Å². The molecule has 0 aromatic heterocycles. The highest BCUT2D eigenvalue weighted by atomic mass is 19.4. The molecule has 1 aliphatic carbocycles. The molecule has 1 unspecified atom stereocenters. The summed E-state index contributed by atoms with van der Waals surface area (Å²) in [6, 6.07) is 4.68. The molecule has 0 radical (unpaired) electrons. The van der Waals surface area contributed by atoms with E-state index in [4.69, 9.17) is 0 Å².